The summed E-state index contributed by atoms with van der Waals surface area (Å²) >= 11 is 3.17. The summed E-state index contributed by atoms with van der Waals surface area (Å²) < 4.78 is 16.2. The minimum Gasteiger partial charge on any atom is -0.493 e. The summed E-state index contributed by atoms with van der Waals surface area (Å²) in [5.74, 6) is 1.66. The minimum atomic E-state index is -0.567. The third-order valence-electron chi connectivity index (χ3n) is 4.92. The van der Waals surface area contributed by atoms with Gasteiger partial charge in [-0.05, 0) is 29.5 Å². The van der Waals surface area contributed by atoms with Crippen LogP contribution in [0.15, 0.2) is 29.6 Å². The normalized spacial score (nSPS) is 18.2. The number of methoxy groups -OCH3 is 3. The van der Waals surface area contributed by atoms with Gasteiger partial charge in [-0.3, -0.25) is 9.59 Å². The molecule has 1 aliphatic heterocycles. The van der Waals surface area contributed by atoms with E-state index in [9.17, 15) is 9.59 Å². The highest BCUT2D eigenvalue weighted by molar-refractivity contribution is 7.99. The number of thiophene rings is 1. The topological polar surface area (TPSA) is 77.1 Å². The van der Waals surface area contributed by atoms with Gasteiger partial charge in [0.05, 0.1) is 21.3 Å². The van der Waals surface area contributed by atoms with E-state index in [1.807, 2.05) is 31.4 Å². The van der Waals surface area contributed by atoms with Crippen LogP contribution in [0.4, 0.5) is 0 Å². The van der Waals surface area contributed by atoms with E-state index in [0.29, 0.717) is 41.0 Å². The average Bonchev–Trinajstić information content (AvgIpc) is 3.45. The number of thioether (sulfide) groups is 1. The van der Waals surface area contributed by atoms with Crippen LogP contribution in [0.3, 0.4) is 0 Å². The van der Waals surface area contributed by atoms with Gasteiger partial charge < -0.3 is 24.4 Å². The van der Waals surface area contributed by atoms with Gasteiger partial charge in [0.25, 0.3) is 5.91 Å². The Morgan fingerprint density at radius 1 is 1.16 bits per heavy atom. The van der Waals surface area contributed by atoms with Gasteiger partial charge in [-0.25, -0.2) is 0 Å². The summed E-state index contributed by atoms with van der Waals surface area (Å²) in [5.41, 5.74) is 0.375. The van der Waals surface area contributed by atoms with Crippen LogP contribution in [0.1, 0.15) is 34.5 Å². The van der Waals surface area contributed by atoms with Gasteiger partial charge in [0.1, 0.15) is 11.4 Å². The molecule has 0 aliphatic carbocycles. The average molecular weight is 465 g/mol. The molecule has 9 heteroatoms. The Labute approximate surface area is 191 Å². The van der Waals surface area contributed by atoms with Crippen molar-refractivity contribution in [3.05, 3.63) is 40.1 Å². The van der Waals surface area contributed by atoms with Gasteiger partial charge >= 0.3 is 0 Å². The quantitative estimate of drug-likeness (QED) is 0.640. The van der Waals surface area contributed by atoms with Crippen molar-refractivity contribution < 1.29 is 23.8 Å². The Morgan fingerprint density at radius 3 is 2.35 bits per heavy atom. The van der Waals surface area contributed by atoms with Crippen molar-refractivity contribution in [2.45, 2.75) is 25.3 Å². The molecule has 31 heavy (non-hydrogen) atoms. The van der Waals surface area contributed by atoms with Crippen molar-refractivity contribution in [3.63, 3.8) is 0 Å². The van der Waals surface area contributed by atoms with Crippen molar-refractivity contribution in [1.29, 1.82) is 0 Å². The number of hydrogen-bond donors (Lipinski definition) is 1. The molecule has 2 unspecified atom stereocenters. The monoisotopic (exact) mass is 464 g/mol. The van der Waals surface area contributed by atoms with Crippen molar-refractivity contribution in [2.75, 3.05) is 33.6 Å². The number of nitrogens with one attached hydrogen (secondary N) is 1. The Bertz CT molecular complexity index is 892. The largest absolute Gasteiger partial charge is 0.493 e. The van der Waals surface area contributed by atoms with Crippen LogP contribution in [0.25, 0.3) is 0 Å². The summed E-state index contributed by atoms with van der Waals surface area (Å²) in [6.45, 7) is 4.64. The summed E-state index contributed by atoms with van der Waals surface area (Å²) in [6.07, 6.45) is 0. The molecule has 1 N–H and O–H groups in total. The first kappa shape index (κ1) is 23.3. The predicted octanol–water partition coefficient (Wildman–Crippen LogP) is 3.80. The summed E-state index contributed by atoms with van der Waals surface area (Å²) in [5, 5.41) is 4.72. The molecule has 7 nitrogen and oxygen atoms in total. The van der Waals surface area contributed by atoms with Gasteiger partial charge in [0.15, 0.2) is 11.5 Å². The molecule has 0 radical (unpaired) electrons. The molecule has 1 fully saturated rings. The Morgan fingerprint density at radius 2 is 1.84 bits per heavy atom. The van der Waals surface area contributed by atoms with Gasteiger partial charge in [0.2, 0.25) is 11.7 Å². The number of ether oxygens (including phenoxy) is 3. The lowest BCUT2D eigenvalue weighted by Gasteiger charge is -2.29. The maximum Gasteiger partial charge on any atom is 0.256 e. The summed E-state index contributed by atoms with van der Waals surface area (Å²) in [4.78, 5) is 29.4. The Hall–Kier alpha value is -2.39. The minimum absolute atomic E-state index is 0.138. The van der Waals surface area contributed by atoms with E-state index in [1.54, 1.807) is 40.1 Å². The number of carbonyl (C=O) groups is 2. The molecule has 2 heterocycles. The van der Waals surface area contributed by atoms with Gasteiger partial charge in [0, 0.05) is 22.7 Å². The smallest absolute Gasteiger partial charge is 0.256 e. The van der Waals surface area contributed by atoms with Crippen LogP contribution in [0.5, 0.6) is 17.2 Å². The van der Waals surface area contributed by atoms with Crippen LogP contribution in [-0.4, -0.2) is 56.4 Å². The lowest BCUT2D eigenvalue weighted by atomic mass is 10.1. The Kier molecular flexibility index (Phi) is 7.72. The molecule has 1 aromatic carbocycles. The van der Waals surface area contributed by atoms with Gasteiger partial charge in [-0.1, -0.05) is 19.9 Å². The molecule has 3 rings (SSSR count). The summed E-state index contributed by atoms with van der Waals surface area (Å²) in [7, 11) is 4.53. The zero-order chi connectivity index (χ0) is 22.5. The van der Waals surface area contributed by atoms with E-state index in [0.717, 1.165) is 4.88 Å². The highest BCUT2D eigenvalue weighted by Gasteiger charge is 2.43. The lowest BCUT2D eigenvalue weighted by molar-refractivity contribution is -0.125. The van der Waals surface area contributed by atoms with Crippen molar-refractivity contribution in [3.8, 4) is 17.2 Å². The number of carbonyl (C=O) groups excluding carboxylic acids is 2. The molecule has 2 amide bonds. The molecule has 0 bridgehead atoms. The van der Waals surface area contributed by atoms with Crippen LogP contribution >= 0.6 is 23.1 Å². The molecule has 1 aliphatic rings. The Balaban J connectivity index is 1.99. The standard InChI is InChI=1S/C22H28N2O5S2/c1-13(2)11-23-20(25)15-12-31-22(18-7-6-8-30-18)24(15)21(26)14-9-16(27-3)19(29-5)17(10-14)28-4/h6-10,13,15,22H,11-12H2,1-5H3,(H,23,25). The molecular weight excluding hydrogens is 436 g/mol. The number of amides is 2. The molecule has 168 valence electrons. The molecule has 0 saturated carbocycles. The lowest BCUT2D eigenvalue weighted by Crippen LogP contribution is -2.48. The molecule has 2 aromatic rings. The van der Waals surface area contributed by atoms with E-state index in [-0.39, 0.29) is 17.2 Å². The first-order valence-electron chi connectivity index (χ1n) is 9.96. The second kappa shape index (κ2) is 10.3. The number of benzene rings is 1. The predicted molar refractivity (Wildman–Crippen MR) is 123 cm³/mol. The van der Waals surface area contributed by atoms with E-state index in [2.05, 4.69) is 5.32 Å². The number of hydrogen-bond acceptors (Lipinski definition) is 7. The van der Waals surface area contributed by atoms with E-state index in [1.165, 1.54) is 21.3 Å². The first-order valence-corrected chi connectivity index (χ1v) is 11.9. The second-order valence-corrected chi connectivity index (χ2v) is 9.57. The molecular formula is C22H28N2O5S2. The fraction of sp³-hybridized carbons (Fsp3) is 0.455. The zero-order valence-corrected chi connectivity index (χ0v) is 20.0. The van der Waals surface area contributed by atoms with Crippen LogP contribution in [0, 0.1) is 5.92 Å². The molecule has 2 atom stereocenters. The maximum atomic E-state index is 13.7. The van der Waals surface area contributed by atoms with Crippen LogP contribution in [-0.2, 0) is 4.79 Å². The van der Waals surface area contributed by atoms with Crippen molar-refractivity contribution in [1.82, 2.24) is 10.2 Å². The van der Waals surface area contributed by atoms with E-state index >= 15 is 0 Å². The molecule has 0 spiro atoms. The maximum absolute atomic E-state index is 13.7. The molecule has 1 aromatic heterocycles. The zero-order valence-electron chi connectivity index (χ0n) is 18.3. The third kappa shape index (κ3) is 4.93. The number of rotatable bonds is 8. The third-order valence-corrected chi connectivity index (χ3v) is 7.30. The van der Waals surface area contributed by atoms with Crippen molar-refractivity contribution in [2.24, 2.45) is 5.92 Å². The fourth-order valence-corrected chi connectivity index (χ4v) is 5.78. The summed E-state index contributed by atoms with van der Waals surface area (Å²) in [6, 6.07) is 6.63. The van der Waals surface area contributed by atoms with Gasteiger partial charge in [-0.2, -0.15) is 0 Å². The van der Waals surface area contributed by atoms with Crippen LogP contribution < -0.4 is 19.5 Å². The number of nitrogens with zero attached hydrogens (tertiary/aromatic N) is 1. The van der Waals surface area contributed by atoms with E-state index < -0.39 is 6.04 Å². The highest BCUT2D eigenvalue weighted by atomic mass is 32.2. The highest BCUT2D eigenvalue weighted by Crippen LogP contribution is 2.45. The van der Waals surface area contributed by atoms with E-state index in [4.69, 9.17) is 14.2 Å². The molecule has 1 saturated heterocycles. The fourth-order valence-electron chi connectivity index (χ4n) is 3.38. The second-order valence-electron chi connectivity index (χ2n) is 7.48. The van der Waals surface area contributed by atoms with Crippen molar-refractivity contribution >= 4 is 34.9 Å². The first-order chi connectivity index (χ1) is 14.9. The SMILES string of the molecule is COc1cc(C(=O)N2C(C(=O)NCC(C)C)CSC2c2cccs2)cc(OC)c1OC. The van der Waals surface area contributed by atoms with Crippen LogP contribution in [0.2, 0.25) is 0 Å². The van der Waals surface area contributed by atoms with Gasteiger partial charge in [-0.15, -0.1) is 23.1 Å².